The molecule has 112 heavy (non-hydrogen) atoms. The fourth-order valence-corrected chi connectivity index (χ4v) is 19.3. The smallest absolute Gasteiger partial charge is 0.408 e. The van der Waals surface area contributed by atoms with Gasteiger partial charge in [-0.15, -0.1) is 0 Å². The van der Waals surface area contributed by atoms with Crippen molar-refractivity contribution in [3.05, 3.63) is 0 Å². The molecule has 0 spiro atoms. The summed E-state index contributed by atoms with van der Waals surface area (Å²) in [5.74, 6) is -2.74. The molecule has 8 amide bonds. The maximum absolute atomic E-state index is 15.4. The molecule has 16 N–H and O–H groups in total. The second-order valence-electron chi connectivity index (χ2n) is 34.0. The normalized spacial score (nSPS) is 31.6. The molecule has 9 saturated carbocycles. The number of nitrogens with two attached hydrogens (primary N) is 4. The van der Waals surface area contributed by atoms with Gasteiger partial charge in [-0.05, 0) is 128 Å². The number of nitrogens with one attached hydrogen (secondary N) is 8. The average Bonchev–Trinajstić information content (AvgIpc) is 0.762. The molecule has 11 fully saturated rings. The van der Waals surface area contributed by atoms with Crippen molar-refractivity contribution in [3.8, 4) is 0 Å². The van der Waals surface area contributed by atoms with Crippen molar-refractivity contribution >= 4 is 54.5 Å². The SMILES string of the molecule is NCC[C@H](OC(=O)NC1CCCCC1)C(=O)N[C@@H]1C[C@H](N)[C@@H](C[C@H]2O[C@H](CN)[C@@H](OC(=O)NC3CCCCC3)[C@H](OC(=O)NC3CCCCC3)[C@H]2OC(=O)NC2CCCCC2)[C@H](OC(=O)NC2CCCCC2)[C@H]1O[C@H]1O[C@H](COC(=O)NC2CCCCC2)[C@@H](OC(=O)NC2CCCCC2)[C@H](N)[C@H]1OC(=O)CC1CCCCC1. The molecule has 11 rings (SSSR count). The van der Waals surface area contributed by atoms with Gasteiger partial charge in [-0.2, -0.15) is 0 Å². The van der Waals surface area contributed by atoms with E-state index < -0.39 is 159 Å². The van der Waals surface area contributed by atoms with Gasteiger partial charge in [0, 0.05) is 73.6 Å². The Morgan fingerprint density at radius 2 is 0.741 bits per heavy atom. The lowest BCUT2D eigenvalue weighted by Crippen LogP contribution is -2.69. The van der Waals surface area contributed by atoms with E-state index in [-0.39, 0.29) is 87.0 Å². The van der Waals surface area contributed by atoms with Gasteiger partial charge in [-0.25, -0.2) is 33.6 Å². The number of hydrogen-bond donors (Lipinski definition) is 12. The molecule has 2 saturated heterocycles. The van der Waals surface area contributed by atoms with Crippen molar-refractivity contribution in [2.45, 2.75) is 416 Å². The molecule has 0 radical (unpaired) electrons. The molecule has 11 aliphatic rings. The largest absolute Gasteiger partial charge is 0.455 e. The first-order valence-electron chi connectivity index (χ1n) is 43.6. The monoisotopic (exact) mass is 1580 g/mol. The van der Waals surface area contributed by atoms with E-state index in [0.29, 0.717) is 64.2 Å². The molecule has 32 heteroatoms. The Morgan fingerprint density at radius 3 is 1.16 bits per heavy atom. The van der Waals surface area contributed by atoms with Crippen LogP contribution in [0.1, 0.15) is 283 Å². The summed E-state index contributed by atoms with van der Waals surface area (Å²) < 4.78 is 72.6. The quantitative estimate of drug-likeness (QED) is 0.0269. The maximum Gasteiger partial charge on any atom is 0.408 e. The van der Waals surface area contributed by atoms with Gasteiger partial charge in [0.25, 0.3) is 5.91 Å². The molecule has 16 atom stereocenters. The molecule has 0 aromatic heterocycles. The molecule has 634 valence electrons. The standard InChI is InChI=1S/C80H134N12O20/c81-42-41-59(105-75(96)86-50-29-13-3-14-30-50)72(94)92-58-45-57(83)56(44-60-68(110-78(99)89-53-35-19-6-20-36-53)71(112-80(101)91-55-39-23-8-24-40-55)69(61(46-82)103-60)111-79(100)90-54-37-21-7-22-38-54)65(108-76(97)87-51-31-15-4-16-32-51)66(58)107-73-70(106-63(93)43-48-25-9-1-10-26-48)64(84)67(109-77(98)88-52-33-17-5-18-34-52)62(104-73)47-102-74(95)85-49-27-11-2-12-28-49/h48-62,64-71,73H,1-47,81-84H2,(H,85,95)(H,86,96)(H,87,97)(H,88,98)(H,89,99)(H,90,100)(H,91,101)(H,92,94)/t56-,57+,58-,59+,60-,61-,62-,64+,65+,66+,67-,68+,69-,70-,71-,73-/m1/s1. The molecule has 32 nitrogen and oxygen atoms in total. The number of hydrogen-bond acceptors (Lipinski definition) is 24. The third kappa shape index (κ3) is 26.3. The van der Waals surface area contributed by atoms with Crippen molar-refractivity contribution < 1.29 is 95.3 Å². The van der Waals surface area contributed by atoms with Gasteiger partial charge in [0.15, 0.2) is 42.9 Å². The van der Waals surface area contributed by atoms with E-state index in [1.807, 2.05) is 0 Å². The van der Waals surface area contributed by atoms with E-state index >= 15 is 9.59 Å². The van der Waals surface area contributed by atoms with Crippen LogP contribution in [0.3, 0.4) is 0 Å². The van der Waals surface area contributed by atoms with Crippen LogP contribution in [0.5, 0.6) is 0 Å². The number of carbonyl (C=O) groups is 9. The van der Waals surface area contributed by atoms with Gasteiger partial charge >= 0.3 is 48.6 Å². The number of amides is 8. The summed E-state index contributed by atoms with van der Waals surface area (Å²) in [6.07, 6.45) is 8.00. The van der Waals surface area contributed by atoms with Gasteiger partial charge < -0.3 is 118 Å². The summed E-state index contributed by atoms with van der Waals surface area (Å²) in [4.78, 5) is 132. The van der Waals surface area contributed by atoms with Crippen LogP contribution in [-0.2, 0) is 61.7 Å². The van der Waals surface area contributed by atoms with Gasteiger partial charge in [0.1, 0.15) is 31.0 Å². The van der Waals surface area contributed by atoms with E-state index in [0.717, 1.165) is 193 Å². The summed E-state index contributed by atoms with van der Waals surface area (Å²) in [5.41, 5.74) is 28.0. The molecule has 0 unspecified atom stereocenters. The number of alkyl carbamates (subject to hydrolysis) is 7. The van der Waals surface area contributed by atoms with Crippen LogP contribution in [0.4, 0.5) is 33.6 Å². The van der Waals surface area contributed by atoms with Crippen molar-refractivity contribution in [2.24, 2.45) is 34.8 Å². The Bertz CT molecular complexity index is 2950. The van der Waals surface area contributed by atoms with Gasteiger partial charge in [0.2, 0.25) is 0 Å². The van der Waals surface area contributed by atoms with Crippen molar-refractivity contribution in [1.29, 1.82) is 0 Å². The lowest BCUT2D eigenvalue weighted by Gasteiger charge is -2.51. The number of rotatable bonds is 27. The van der Waals surface area contributed by atoms with Crippen LogP contribution in [0.2, 0.25) is 0 Å². The number of carbonyl (C=O) groups excluding carboxylic acids is 9. The first-order chi connectivity index (χ1) is 54.4. The van der Waals surface area contributed by atoms with E-state index in [9.17, 15) is 33.6 Å². The second-order valence-corrected chi connectivity index (χ2v) is 34.0. The fourth-order valence-electron chi connectivity index (χ4n) is 19.3. The van der Waals surface area contributed by atoms with Crippen LogP contribution in [-0.4, -0.2) is 208 Å². The van der Waals surface area contributed by atoms with E-state index in [4.69, 9.17) is 75.0 Å². The Kier molecular flexibility index (Phi) is 34.4. The highest BCUT2D eigenvalue weighted by Crippen LogP contribution is 2.41. The highest BCUT2D eigenvalue weighted by molar-refractivity contribution is 5.84. The zero-order valence-electron chi connectivity index (χ0n) is 66.1. The Hall–Kier alpha value is -6.45. The van der Waals surface area contributed by atoms with Crippen LogP contribution < -0.4 is 65.5 Å². The van der Waals surface area contributed by atoms with Crippen LogP contribution in [0, 0.1) is 11.8 Å². The van der Waals surface area contributed by atoms with Gasteiger partial charge in [-0.3, -0.25) is 9.59 Å². The zero-order chi connectivity index (χ0) is 78.7. The zero-order valence-corrected chi connectivity index (χ0v) is 66.1. The van der Waals surface area contributed by atoms with Crippen LogP contribution in [0.15, 0.2) is 0 Å². The molecule has 2 heterocycles. The molecule has 0 aromatic rings. The van der Waals surface area contributed by atoms with E-state index in [2.05, 4.69) is 42.5 Å². The molecule has 0 bridgehead atoms. The molecular weight excluding hydrogens is 1450 g/mol. The fraction of sp³-hybridized carbons (Fsp3) is 0.887. The minimum absolute atomic E-state index is 0.0163. The molecule has 2 aliphatic heterocycles. The average molecular weight is 1580 g/mol. The van der Waals surface area contributed by atoms with Crippen LogP contribution in [0.25, 0.3) is 0 Å². The molecular formula is C80H134N12O20. The summed E-state index contributed by atoms with van der Waals surface area (Å²) in [6, 6.07) is -5.67. The molecule has 9 aliphatic carbocycles. The highest BCUT2D eigenvalue weighted by Gasteiger charge is 2.59. The minimum atomic E-state index is -1.84. The van der Waals surface area contributed by atoms with Crippen molar-refractivity contribution in [3.63, 3.8) is 0 Å². The van der Waals surface area contributed by atoms with Crippen molar-refractivity contribution in [1.82, 2.24) is 42.5 Å². The predicted molar refractivity (Wildman–Crippen MR) is 410 cm³/mol. The summed E-state index contributed by atoms with van der Waals surface area (Å²) in [7, 11) is 0. The van der Waals surface area contributed by atoms with Crippen molar-refractivity contribution in [2.75, 3.05) is 19.7 Å². The highest BCUT2D eigenvalue weighted by atomic mass is 16.7. The summed E-state index contributed by atoms with van der Waals surface area (Å²) in [5, 5.41) is 24.1. The Morgan fingerprint density at radius 1 is 0.366 bits per heavy atom. The molecule has 0 aromatic carbocycles. The maximum atomic E-state index is 15.4. The van der Waals surface area contributed by atoms with Crippen LogP contribution >= 0.6 is 0 Å². The first kappa shape index (κ1) is 86.4. The first-order valence-corrected chi connectivity index (χ1v) is 43.6. The number of ether oxygens (including phenoxy) is 11. The van der Waals surface area contributed by atoms with E-state index in [1.165, 1.54) is 0 Å². The predicted octanol–water partition coefficient (Wildman–Crippen LogP) is 9.23. The third-order valence-electron chi connectivity index (χ3n) is 25.5. The third-order valence-corrected chi connectivity index (χ3v) is 25.5. The summed E-state index contributed by atoms with van der Waals surface area (Å²) in [6.45, 7) is -1.00. The number of esters is 1. The second kappa shape index (κ2) is 44.6. The Labute approximate surface area is 660 Å². The lowest BCUT2D eigenvalue weighted by molar-refractivity contribution is -0.306. The topological polar surface area (TPSA) is 455 Å². The van der Waals surface area contributed by atoms with E-state index in [1.54, 1.807) is 0 Å². The van der Waals surface area contributed by atoms with Gasteiger partial charge in [0.05, 0.1) is 18.2 Å². The van der Waals surface area contributed by atoms with Gasteiger partial charge in [-0.1, -0.05) is 154 Å². The summed E-state index contributed by atoms with van der Waals surface area (Å²) >= 11 is 0. The Balaban J connectivity index is 1.00. The lowest BCUT2D eigenvalue weighted by atomic mass is 9.73. The minimum Gasteiger partial charge on any atom is -0.455 e.